The number of anilines is 1. The van der Waals surface area contributed by atoms with Crippen molar-refractivity contribution >= 4 is 29.1 Å². The van der Waals surface area contributed by atoms with Gasteiger partial charge in [0.05, 0.1) is 19.4 Å². The van der Waals surface area contributed by atoms with Crippen LogP contribution in [-0.4, -0.2) is 53.7 Å². The molecule has 2 aromatic heterocycles. The first-order valence-electron chi connectivity index (χ1n) is 9.77. The van der Waals surface area contributed by atoms with Crippen LogP contribution in [0.2, 0.25) is 0 Å². The lowest BCUT2D eigenvalue weighted by atomic mass is 9.79. The zero-order chi connectivity index (χ0) is 23.8. The van der Waals surface area contributed by atoms with E-state index >= 15 is 0 Å². The molecule has 1 amide bonds. The Hall–Kier alpha value is -3.00. The molecule has 0 bridgehead atoms. The topological polar surface area (TPSA) is 121 Å². The highest BCUT2D eigenvalue weighted by atomic mass is 32.1. The second-order valence-corrected chi connectivity index (χ2v) is 8.35. The minimum absolute atomic E-state index is 0.0294. The van der Waals surface area contributed by atoms with Gasteiger partial charge in [-0.2, -0.15) is 13.2 Å². The number of aromatic nitrogens is 2. The number of halogens is 4. The molecule has 0 radical (unpaired) electrons. The number of pyridine rings is 1. The van der Waals surface area contributed by atoms with Crippen LogP contribution in [0.5, 0.6) is 5.75 Å². The minimum Gasteiger partial charge on any atom is -0.465 e. The van der Waals surface area contributed by atoms with Crippen molar-refractivity contribution < 1.29 is 36.6 Å². The number of carbonyl (C=O) groups is 1. The van der Waals surface area contributed by atoms with Crippen LogP contribution in [0, 0.1) is 5.92 Å². The third-order valence-corrected chi connectivity index (χ3v) is 6.18. The second-order valence-electron chi connectivity index (χ2n) is 7.49. The number of fused-ring (bicyclic) bond motifs is 1. The summed E-state index contributed by atoms with van der Waals surface area (Å²) < 4.78 is 67.6. The van der Waals surface area contributed by atoms with Gasteiger partial charge in [-0.3, -0.25) is 4.79 Å². The van der Waals surface area contributed by atoms with E-state index in [0.29, 0.717) is 5.01 Å². The Morgan fingerprint density at radius 2 is 2.21 bits per heavy atom. The molecule has 1 fully saturated rings. The molecule has 3 N–H and O–H groups in total. The summed E-state index contributed by atoms with van der Waals surface area (Å²) >= 11 is 1.10. The lowest BCUT2D eigenvalue weighted by molar-refractivity contribution is -0.249. The second kappa shape index (κ2) is 8.74. The van der Waals surface area contributed by atoms with Crippen molar-refractivity contribution in [1.82, 2.24) is 9.97 Å². The van der Waals surface area contributed by atoms with Gasteiger partial charge in [-0.15, -0.1) is 11.3 Å². The number of nitrogens with two attached hydrogens (primary N) is 1. The summed E-state index contributed by atoms with van der Waals surface area (Å²) in [6, 6.07) is 2.57. The fourth-order valence-corrected chi connectivity index (χ4v) is 4.57. The maximum atomic E-state index is 13.2. The largest absolute Gasteiger partial charge is 0.465 e. The van der Waals surface area contributed by atoms with Crippen molar-refractivity contribution in [3.63, 3.8) is 0 Å². The molecule has 178 valence electrons. The molecule has 4 heterocycles. The number of amides is 1. The highest BCUT2D eigenvalue weighted by Gasteiger charge is 2.56. The van der Waals surface area contributed by atoms with Gasteiger partial charge >= 0.3 is 6.18 Å². The molecule has 0 saturated carbocycles. The molecule has 0 aliphatic carbocycles. The lowest BCUT2D eigenvalue weighted by Gasteiger charge is -2.44. The molecule has 14 heteroatoms. The normalized spacial score (nSPS) is 25.9. The fourth-order valence-electron chi connectivity index (χ4n) is 3.61. The number of nitrogens with zero attached hydrogens (tertiary/aromatic N) is 3. The van der Waals surface area contributed by atoms with Crippen LogP contribution < -0.4 is 15.8 Å². The molecule has 0 aromatic carbocycles. The summed E-state index contributed by atoms with van der Waals surface area (Å²) in [5, 5.41) is 4.43. The van der Waals surface area contributed by atoms with Crippen molar-refractivity contribution in [2.45, 2.75) is 37.5 Å². The van der Waals surface area contributed by atoms with Gasteiger partial charge in [-0.05, 0) is 18.6 Å². The lowest BCUT2D eigenvalue weighted by Crippen LogP contribution is -2.54. The summed E-state index contributed by atoms with van der Waals surface area (Å²) in [4.78, 5) is 25.0. The van der Waals surface area contributed by atoms with E-state index in [0.717, 1.165) is 11.3 Å². The van der Waals surface area contributed by atoms with Crippen LogP contribution in [0.15, 0.2) is 28.7 Å². The van der Waals surface area contributed by atoms with Gasteiger partial charge in [0.2, 0.25) is 6.36 Å². The first-order valence-corrected chi connectivity index (χ1v) is 10.7. The Labute approximate surface area is 189 Å². The zero-order valence-electron chi connectivity index (χ0n) is 17.1. The minimum atomic E-state index is -4.52. The Kier molecular flexibility index (Phi) is 6.14. The Morgan fingerprint density at radius 1 is 1.42 bits per heavy atom. The molecule has 2 unspecified atom stereocenters. The first-order chi connectivity index (χ1) is 15.6. The van der Waals surface area contributed by atoms with E-state index in [1.165, 1.54) is 30.6 Å². The molecule has 1 saturated heterocycles. The molecular formula is C19H19F4N5O4S. The van der Waals surface area contributed by atoms with Gasteiger partial charge < -0.3 is 25.3 Å². The van der Waals surface area contributed by atoms with Crippen molar-refractivity contribution in [3.05, 3.63) is 34.4 Å². The number of aliphatic imine (C=N–C) groups is 1. The van der Waals surface area contributed by atoms with Gasteiger partial charge in [-0.25, -0.2) is 19.4 Å². The van der Waals surface area contributed by atoms with Gasteiger partial charge in [-0.1, -0.05) is 0 Å². The smallest absolute Gasteiger partial charge is 0.414 e. The van der Waals surface area contributed by atoms with E-state index in [9.17, 15) is 22.4 Å². The SMILES string of the molecule is CC(F)Oc1ccc(C(=O)Nc2csc([C@@]34COC(C(F)(F)F)C[C@@H]3COC(N)=N4)n2)nc1. The van der Waals surface area contributed by atoms with Crippen LogP contribution >= 0.6 is 11.3 Å². The van der Waals surface area contributed by atoms with E-state index < -0.39 is 36.0 Å². The van der Waals surface area contributed by atoms with Gasteiger partial charge in [0.1, 0.15) is 27.8 Å². The highest BCUT2D eigenvalue weighted by Crippen LogP contribution is 2.47. The average molecular weight is 489 g/mol. The number of ether oxygens (including phenoxy) is 3. The molecule has 33 heavy (non-hydrogen) atoms. The van der Waals surface area contributed by atoms with Gasteiger partial charge in [0, 0.05) is 18.2 Å². The Balaban J connectivity index is 1.52. The fraction of sp³-hybridized carbons (Fsp3) is 0.474. The summed E-state index contributed by atoms with van der Waals surface area (Å²) in [6.45, 7) is 0.756. The first kappa shape index (κ1) is 23.2. The molecule has 2 aliphatic heterocycles. The molecule has 4 atom stereocenters. The predicted octanol–water partition coefficient (Wildman–Crippen LogP) is 2.99. The number of amidine groups is 1. The number of alkyl halides is 4. The quantitative estimate of drug-likeness (QED) is 0.620. The van der Waals surface area contributed by atoms with Crippen LogP contribution in [0.1, 0.15) is 28.8 Å². The summed E-state index contributed by atoms with van der Waals surface area (Å²) in [6.07, 6.45) is -7.14. The summed E-state index contributed by atoms with van der Waals surface area (Å²) in [5.41, 5.74) is 4.48. The number of hydrogen-bond donors (Lipinski definition) is 2. The average Bonchev–Trinajstić information content (AvgIpc) is 3.21. The molecule has 9 nitrogen and oxygen atoms in total. The van der Waals surface area contributed by atoms with Gasteiger partial charge in [0.15, 0.2) is 6.10 Å². The van der Waals surface area contributed by atoms with Gasteiger partial charge in [0.25, 0.3) is 11.9 Å². The monoisotopic (exact) mass is 489 g/mol. The van der Waals surface area contributed by atoms with E-state index in [1.54, 1.807) is 0 Å². The van der Waals surface area contributed by atoms with Crippen LogP contribution in [0.3, 0.4) is 0 Å². The molecular weight excluding hydrogens is 470 g/mol. The van der Waals surface area contributed by atoms with E-state index in [4.69, 9.17) is 19.9 Å². The van der Waals surface area contributed by atoms with Crippen LogP contribution in [0.25, 0.3) is 0 Å². The van der Waals surface area contributed by atoms with Crippen molar-refractivity contribution in [1.29, 1.82) is 0 Å². The molecule has 2 aromatic rings. The van der Waals surface area contributed by atoms with Crippen LogP contribution in [0.4, 0.5) is 23.4 Å². The summed E-state index contributed by atoms with van der Waals surface area (Å²) in [7, 11) is 0. The molecule has 2 aliphatic rings. The number of rotatable bonds is 5. The standard InChI is InChI=1S/C19H19F4N5O4S/c1-9(20)32-11-2-3-12(25-5-11)15(29)26-14-7-33-16(27-14)18-8-31-13(19(21,22)23)4-10(18)6-30-17(24)28-18/h2-3,5,7,9-10,13H,4,6,8H2,1H3,(H2,24,28)(H,26,29)/t9?,10-,13?,18-/m1/s1. The molecule has 4 rings (SSSR count). The third kappa shape index (κ3) is 4.85. The Bertz CT molecular complexity index is 1050. The van der Waals surface area contributed by atoms with Crippen molar-refractivity contribution in [2.75, 3.05) is 18.5 Å². The number of thiazole rings is 1. The summed E-state index contributed by atoms with van der Waals surface area (Å²) in [5.74, 6) is -0.947. The molecule has 0 spiro atoms. The predicted molar refractivity (Wildman–Crippen MR) is 109 cm³/mol. The highest BCUT2D eigenvalue weighted by molar-refractivity contribution is 7.10. The maximum Gasteiger partial charge on any atom is 0.414 e. The maximum absolute atomic E-state index is 13.2. The number of hydrogen-bond acceptors (Lipinski definition) is 9. The number of nitrogens with one attached hydrogen (secondary N) is 1. The van der Waals surface area contributed by atoms with Crippen molar-refractivity contribution in [3.8, 4) is 5.75 Å². The van der Waals surface area contributed by atoms with E-state index in [-0.39, 0.29) is 42.9 Å². The number of carbonyl (C=O) groups excluding carboxylic acids is 1. The van der Waals surface area contributed by atoms with Crippen LogP contribution in [-0.2, 0) is 15.0 Å². The third-order valence-electron chi connectivity index (χ3n) is 5.17. The Morgan fingerprint density at radius 3 is 2.88 bits per heavy atom. The van der Waals surface area contributed by atoms with Crippen molar-refractivity contribution in [2.24, 2.45) is 16.6 Å². The zero-order valence-corrected chi connectivity index (χ0v) is 18.0. The van der Waals surface area contributed by atoms with E-state index in [1.807, 2.05) is 0 Å². The van der Waals surface area contributed by atoms with E-state index in [2.05, 4.69) is 20.3 Å².